The van der Waals surface area contributed by atoms with Crippen LogP contribution >= 0.6 is 0 Å². The largest absolute Gasteiger partial charge is 0.494 e. The first-order valence-electron chi connectivity index (χ1n) is 6.91. The number of ether oxygens (including phenoxy) is 2. The summed E-state index contributed by atoms with van der Waals surface area (Å²) in [5, 5.41) is 3.50. The van der Waals surface area contributed by atoms with Crippen molar-refractivity contribution in [3.8, 4) is 11.5 Å². The molecule has 100 valence electrons. The maximum Gasteiger partial charge on any atom is 0.123 e. The molecule has 1 saturated carbocycles. The molecule has 0 aromatic heterocycles. The first-order valence-corrected chi connectivity index (χ1v) is 6.91. The van der Waals surface area contributed by atoms with Gasteiger partial charge in [0.1, 0.15) is 11.5 Å². The van der Waals surface area contributed by atoms with Gasteiger partial charge in [0.15, 0.2) is 0 Å². The van der Waals surface area contributed by atoms with Gasteiger partial charge in [-0.15, -0.1) is 0 Å². The lowest BCUT2D eigenvalue weighted by Crippen LogP contribution is -2.23. The van der Waals surface area contributed by atoms with Crippen molar-refractivity contribution in [2.45, 2.75) is 45.3 Å². The van der Waals surface area contributed by atoms with E-state index < -0.39 is 0 Å². The second-order valence-electron chi connectivity index (χ2n) is 4.85. The Bertz CT molecular complexity index is 363. The molecule has 1 N–H and O–H groups in total. The number of nitrogens with one attached hydrogen (secondary N) is 1. The SMILES string of the molecule is CCOc1cccc(OC(C)CCNC2CC2)c1. The Hall–Kier alpha value is -1.22. The van der Waals surface area contributed by atoms with E-state index in [-0.39, 0.29) is 6.10 Å². The van der Waals surface area contributed by atoms with Crippen molar-refractivity contribution in [2.75, 3.05) is 13.2 Å². The Balaban J connectivity index is 1.74. The van der Waals surface area contributed by atoms with Gasteiger partial charge >= 0.3 is 0 Å². The number of hydrogen-bond acceptors (Lipinski definition) is 3. The molecule has 0 bridgehead atoms. The first kappa shape index (κ1) is 13.2. The lowest BCUT2D eigenvalue weighted by Gasteiger charge is -2.15. The van der Waals surface area contributed by atoms with E-state index in [1.54, 1.807) is 0 Å². The molecule has 3 nitrogen and oxygen atoms in total. The van der Waals surface area contributed by atoms with Crippen molar-refractivity contribution < 1.29 is 9.47 Å². The van der Waals surface area contributed by atoms with Gasteiger partial charge in [0, 0.05) is 12.1 Å². The van der Waals surface area contributed by atoms with Gasteiger partial charge in [0.2, 0.25) is 0 Å². The van der Waals surface area contributed by atoms with E-state index in [1.165, 1.54) is 12.8 Å². The molecule has 1 unspecified atom stereocenters. The van der Waals surface area contributed by atoms with E-state index >= 15 is 0 Å². The average Bonchev–Trinajstić information content (AvgIpc) is 3.14. The molecular formula is C15H23NO2. The predicted molar refractivity (Wildman–Crippen MR) is 73.3 cm³/mol. The monoisotopic (exact) mass is 249 g/mol. The van der Waals surface area contributed by atoms with Gasteiger partial charge in [-0.2, -0.15) is 0 Å². The van der Waals surface area contributed by atoms with E-state index in [9.17, 15) is 0 Å². The summed E-state index contributed by atoms with van der Waals surface area (Å²) in [6.07, 6.45) is 3.94. The van der Waals surface area contributed by atoms with Gasteiger partial charge < -0.3 is 14.8 Å². The molecule has 1 atom stereocenters. The van der Waals surface area contributed by atoms with Gasteiger partial charge in [-0.05, 0) is 51.8 Å². The maximum atomic E-state index is 5.88. The lowest BCUT2D eigenvalue weighted by atomic mass is 10.2. The Morgan fingerprint density at radius 3 is 2.83 bits per heavy atom. The van der Waals surface area contributed by atoms with Crippen molar-refractivity contribution in [2.24, 2.45) is 0 Å². The molecule has 0 saturated heterocycles. The molecule has 0 amide bonds. The van der Waals surface area contributed by atoms with Crippen LogP contribution in [0.5, 0.6) is 11.5 Å². The van der Waals surface area contributed by atoms with Crippen LogP contribution in [0.15, 0.2) is 24.3 Å². The summed E-state index contributed by atoms with van der Waals surface area (Å²) < 4.78 is 11.3. The summed E-state index contributed by atoms with van der Waals surface area (Å²) in [6.45, 7) is 5.82. The van der Waals surface area contributed by atoms with E-state index in [2.05, 4.69) is 12.2 Å². The second kappa shape index (κ2) is 6.64. The highest BCUT2D eigenvalue weighted by Crippen LogP contribution is 2.21. The van der Waals surface area contributed by atoms with Crippen LogP contribution in [-0.4, -0.2) is 25.3 Å². The molecule has 2 rings (SSSR count). The quantitative estimate of drug-likeness (QED) is 0.768. The highest BCUT2D eigenvalue weighted by Gasteiger charge is 2.20. The second-order valence-corrected chi connectivity index (χ2v) is 4.85. The van der Waals surface area contributed by atoms with Crippen LogP contribution in [0.3, 0.4) is 0 Å². The van der Waals surface area contributed by atoms with E-state index in [0.29, 0.717) is 6.61 Å². The molecule has 1 aliphatic rings. The molecule has 1 fully saturated rings. The topological polar surface area (TPSA) is 30.5 Å². The van der Waals surface area contributed by atoms with Crippen LogP contribution in [0.1, 0.15) is 33.1 Å². The standard InChI is InChI=1S/C15H23NO2/c1-3-17-14-5-4-6-15(11-14)18-12(2)9-10-16-13-7-8-13/h4-6,11-13,16H,3,7-10H2,1-2H3. The summed E-state index contributed by atoms with van der Waals surface area (Å²) in [6, 6.07) is 8.63. The highest BCUT2D eigenvalue weighted by molar-refractivity contribution is 5.33. The smallest absolute Gasteiger partial charge is 0.123 e. The first-order chi connectivity index (χ1) is 8.78. The zero-order chi connectivity index (χ0) is 12.8. The summed E-state index contributed by atoms with van der Waals surface area (Å²) in [5.74, 6) is 1.76. The molecule has 1 aromatic rings. The van der Waals surface area contributed by atoms with Crippen molar-refractivity contribution in [1.29, 1.82) is 0 Å². The predicted octanol–water partition coefficient (Wildman–Crippen LogP) is 2.99. The van der Waals surface area contributed by atoms with E-state index in [4.69, 9.17) is 9.47 Å². The molecule has 0 heterocycles. The Morgan fingerprint density at radius 2 is 2.11 bits per heavy atom. The number of hydrogen-bond donors (Lipinski definition) is 1. The third-order valence-corrected chi connectivity index (χ3v) is 3.01. The van der Waals surface area contributed by atoms with Crippen LogP contribution in [0.2, 0.25) is 0 Å². The minimum Gasteiger partial charge on any atom is -0.494 e. The Kier molecular flexibility index (Phi) is 4.88. The fourth-order valence-corrected chi connectivity index (χ4v) is 1.87. The Morgan fingerprint density at radius 1 is 1.33 bits per heavy atom. The van der Waals surface area contributed by atoms with E-state index in [1.807, 2.05) is 31.2 Å². The van der Waals surface area contributed by atoms with Crippen LogP contribution in [-0.2, 0) is 0 Å². The maximum absolute atomic E-state index is 5.88. The zero-order valence-corrected chi connectivity index (χ0v) is 11.3. The fraction of sp³-hybridized carbons (Fsp3) is 0.600. The average molecular weight is 249 g/mol. The van der Waals surface area contributed by atoms with Crippen LogP contribution in [0.4, 0.5) is 0 Å². The normalized spacial score (nSPS) is 16.3. The van der Waals surface area contributed by atoms with Gasteiger partial charge in [-0.1, -0.05) is 6.07 Å². The molecule has 3 heteroatoms. The summed E-state index contributed by atoms with van der Waals surface area (Å²) in [4.78, 5) is 0. The summed E-state index contributed by atoms with van der Waals surface area (Å²) >= 11 is 0. The van der Waals surface area contributed by atoms with Crippen molar-refractivity contribution in [3.63, 3.8) is 0 Å². The lowest BCUT2D eigenvalue weighted by molar-refractivity contribution is 0.208. The molecular weight excluding hydrogens is 226 g/mol. The molecule has 0 aliphatic heterocycles. The summed E-state index contributed by atoms with van der Waals surface area (Å²) in [7, 11) is 0. The number of benzene rings is 1. The van der Waals surface area contributed by atoms with Crippen molar-refractivity contribution in [3.05, 3.63) is 24.3 Å². The third-order valence-electron chi connectivity index (χ3n) is 3.01. The molecule has 0 spiro atoms. The van der Waals surface area contributed by atoms with Gasteiger partial charge in [0.25, 0.3) is 0 Å². The van der Waals surface area contributed by atoms with Crippen LogP contribution in [0.25, 0.3) is 0 Å². The van der Waals surface area contributed by atoms with Crippen molar-refractivity contribution in [1.82, 2.24) is 5.32 Å². The van der Waals surface area contributed by atoms with Gasteiger partial charge in [-0.3, -0.25) is 0 Å². The van der Waals surface area contributed by atoms with Crippen LogP contribution in [0, 0.1) is 0 Å². The van der Waals surface area contributed by atoms with Gasteiger partial charge in [0.05, 0.1) is 12.7 Å². The minimum atomic E-state index is 0.230. The highest BCUT2D eigenvalue weighted by atomic mass is 16.5. The Labute approximate surface area is 109 Å². The fourth-order valence-electron chi connectivity index (χ4n) is 1.87. The molecule has 1 aliphatic carbocycles. The van der Waals surface area contributed by atoms with Crippen LogP contribution < -0.4 is 14.8 Å². The summed E-state index contributed by atoms with van der Waals surface area (Å²) in [5.41, 5.74) is 0. The molecule has 0 radical (unpaired) electrons. The van der Waals surface area contributed by atoms with Crippen molar-refractivity contribution >= 4 is 0 Å². The van der Waals surface area contributed by atoms with E-state index in [0.717, 1.165) is 30.5 Å². The zero-order valence-electron chi connectivity index (χ0n) is 11.3. The minimum absolute atomic E-state index is 0.230. The number of rotatable bonds is 8. The molecule has 18 heavy (non-hydrogen) atoms. The third kappa shape index (κ3) is 4.57. The van der Waals surface area contributed by atoms with Gasteiger partial charge in [-0.25, -0.2) is 0 Å². The molecule has 1 aromatic carbocycles.